The predicted octanol–water partition coefficient (Wildman–Crippen LogP) is 0.849. The lowest BCUT2D eigenvalue weighted by molar-refractivity contribution is 0.0950. The van der Waals surface area contributed by atoms with Crippen molar-refractivity contribution < 1.29 is 4.79 Å². The Hall–Kier alpha value is -2.43. The summed E-state index contributed by atoms with van der Waals surface area (Å²) in [5, 5.41) is 7.05. The highest BCUT2D eigenvalue weighted by molar-refractivity contribution is 5.95. The largest absolute Gasteiger partial charge is 0.347 e. The number of hydrogen-bond donors (Lipinski definition) is 1. The van der Waals surface area contributed by atoms with Crippen molar-refractivity contribution in [3.63, 3.8) is 0 Å². The zero-order chi connectivity index (χ0) is 13.1. The van der Waals surface area contributed by atoms with Gasteiger partial charge in [-0.3, -0.25) is 14.3 Å². The summed E-state index contributed by atoms with van der Waals surface area (Å²) in [6, 6.07) is 7.05. The van der Waals surface area contributed by atoms with Gasteiger partial charge in [-0.05, 0) is 12.1 Å². The Morgan fingerprint density at radius 3 is 2.94 bits per heavy atom. The number of aromatic nitrogens is 2. The Labute approximate surface area is 104 Å². The first-order chi connectivity index (χ1) is 8.65. The Kier molecular flexibility index (Phi) is 3.23. The van der Waals surface area contributed by atoms with Crippen molar-refractivity contribution in [1.29, 1.82) is 0 Å². The summed E-state index contributed by atoms with van der Waals surface area (Å²) in [5.41, 5.74) is 0.242. The highest BCUT2D eigenvalue weighted by atomic mass is 16.2. The minimum atomic E-state index is -0.485. The van der Waals surface area contributed by atoms with Gasteiger partial charge >= 0.3 is 0 Å². The van der Waals surface area contributed by atoms with Crippen LogP contribution < -0.4 is 10.7 Å². The molecule has 0 fully saturated rings. The van der Waals surface area contributed by atoms with E-state index in [0.717, 1.165) is 0 Å². The molecule has 2 rings (SSSR count). The van der Waals surface area contributed by atoms with E-state index in [-0.39, 0.29) is 11.1 Å². The van der Waals surface area contributed by atoms with E-state index < -0.39 is 5.91 Å². The smallest absolute Gasteiger partial charge is 0.276 e. The second-order valence-corrected chi connectivity index (χ2v) is 3.82. The van der Waals surface area contributed by atoms with Crippen LogP contribution in [0.25, 0.3) is 10.9 Å². The molecule has 18 heavy (non-hydrogen) atoms. The monoisotopic (exact) mass is 243 g/mol. The van der Waals surface area contributed by atoms with Gasteiger partial charge in [0.25, 0.3) is 5.91 Å². The van der Waals surface area contributed by atoms with Gasteiger partial charge in [0.1, 0.15) is 0 Å². The van der Waals surface area contributed by atoms with Crippen molar-refractivity contribution in [3.8, 4) is 0 Å². The number of carbonyl (C=O) groups is 1. The van der Waals surface area contributed by atoms with Crippen molar-refractivity contribution in [2.24, 2.45) is 7.05 Å². The van der Waals surface area contributed by atoms with Crippen LogP contribution in [-0.2, 0) is 7.05 Å². The van der Waals surface area contributed by atoms with E-state index in [4.69, 9.17) is 0 Å². The highest BCUT2D eigenvalue weighted by Crippen LogP contribution is 2.07. The van der Waals surface area contributed by atoms with E-state index in [1.807, 2.05) is 6.07 Å². The molecule has 5 heteroatoms. The van der Waals surface area contributed by atoms with E-state index in [1.165, 1.54) is 4.68 Å². The third kappa shape index (κ3) is 2.02. The maximum absolute atomic E-state index is 12.1. The van der Waals surface area contributed by atoms with Gasteiger partial charge < -0.3 is 5.32 Å². The molecular weight excluding hydrogens is 230 g/mol. The van der Waals surface area contributed by atoms with Crippen LogP contribution in [0.15, 0.2) is 41.7 Å². The van der Waals surface area contributed by atoms with Gasteiger partial charge in [0, 0.05) is 19.0 Å². The van der Waals surface area contributed by atoms with Crippen LogP contribution in [0.4, 0.5) is 0 Å². The standard InChI is InChI=1S/C13H13N3O2/c1-3-8-14-13(18)11-12(17)9-6-4-5-7-10(9)16(2)15-11/h3-7H,1,8H2,2H3,(H,14,18). The molecule has 0 unspecified atom stereocenters. The Morgan fingerprint density at radius 2 is 2.22 bits per heavy atom. The van der Waals surface area contributed by atoms with Crippen molar-refractivity contribution in [1.82, 2.24) is 15.1 Å². The van der Waals surface area contributed by atoms with Gasteiger partial charge in [-0.2, -0.15) is 5.10 Å². The average Bonchev–Trinajstić information content (AvgIpc) is 2.40. The molecule has 0 saturated heterocycles. The molecule has 5 nitrogen and oxygen atoms in total. The minimum Gasteiger partial charge on any atom is -0.347 e. The van der Waals surface area contributed by atoms with E-state index in [0.29, 0.717) is 17.4 Å². The van der Waals surface area contributed by atoms with Gasteiger partial charge in [0.2, 0.25) is 5.43 Å². The maximum Gasteiger partial charge on any atom is 0.276 e. The Morgan fingerprint density at radius 1 is 1.50 bits per heavy atom. The molecule has 2 aromatic rings. The molecule has 1 aromatic carbocycles. The second kappa shape index (κ2) is 4.83. The molecule has 0 spiro atoms. The van der Waals surface area contributed by atoms with Crippen LogP contribution in [0.3, 0.4) is 0 Å². The lowest BCUT2D eigenvalue weighted by Crippen LogP contribution is -2.31. The predicted molar refractivity (Wildman–Crippen MR) is 69.5 cm³/mol. The lowest BCUT2D eigenvalue weighted by atomic mass is 10.2. The van der Waals surface area contributed by atoms with Gasteiger partial charge in [0.05, 0.1) is 5.52 Å². The molecule has 0 saturated carbocycles. The van der Waals surface area contributed by atoms with Crippen LogP contribution in [0.5, 0.6) is 0 Å². The van der Waals surface area contributed by atoms with Crippen LogP contribution in [0, 0.1) is 0 Å². The van der Waals surface area contributed by atoms with Gasteiger partial charge in [-0.25, -0.2) is 0 Å². The third-order valence-electron chi connectivity index (χ3n) is 2.58. The third-order valence-corrected chi connectivity index (χ3v) is 2.58. The average molecular weight is 243 g/mol. The van der Waals surface area contributed by atoms with Crippen molar-refractivity contribution in [2.75, 3.05) is 6.54 Å². The van der Waals surface area contributed by atoms with E-state index in [1.54, 1.807) is 31.3 Å². The molecule has 1 heterocycles. The number of para-hydroxylation sites is 1. The summed E-state index contributed by atoms with van der Waals surface area (Å²) in [4.78, 5) is 23.9. The van der Waals surface area contributed by atoms with Crippen LogP contribution >= 0.6 is 0 Å². The van der Waals surface area contributed by atoms with E-state index in [9.17, 15) is 9.59 Å². The zero-order valence-electron chi connectivity index (χ0n) is 10.0. The molecule has 0 atom stereocenters. The number of nitrogens with one attached hydrogen (secondary N) is 1. The number of hydrogen-bond acceptors (Lipinski definition) is 3. The lowest BCUT2D eigenvalue weighted by Gasteiger charge is -2.07. The second-order valence-electron chi connectivity index (χ2n) is 3.82. The van der Waals surface area contributed by atoms with Crippen LogP contribution in [-0.4, -0.2) is 22.2 Å². The van der Waals surface area contributed by atoms with Crippen LogP contribution in [0.2, 0.25) is 0 Å². The fraction of sp³-hybridized carbons (Fsp3) is 0.154. The molecule has 1 aromatic heterocycles. The highest BCUT2D eigenvalue weighted by Gasteiger charge is 2.15. The number of benzene rings is 1. The molecule has 0 aliphatic heterocycles. The van der Waals surface area contributed by atoms with Crippen molar-refractivity contribution in [2.45, 2.75) is 0 Å². The minimum absolute atomic E-state index is 0.0990. The van der Waals surface area contributed by atoms with Crippen molar-refractivity contribution in [3.05, 3.63) is 52.8 Å². The summed E-state index contributed by atoms with van der Waals surface area (Å²) in [7, 11) is 1.70. The number of rotatable bonds is 3. The Balaban J connectivity index is 2.60. The maximum atomic E-state index is 12.1. The first kappa shape index (κ1) is 12.0. The molecular formula is C13H13N3O2. The SMILES string of the molecule is C=CCNC(=O)c1nn(C)c2ccccc2c1=O. The van der Waals surface area contributed by atoms with E-state index in [2.05, 4.69) is 17.0 Å². The van der Waals surface area contributed by atoms with Gasteiger partial charge in [-0.15, -0.1) is 6.58 Å². The van der Waals surface area contributed by atoms with Crippen LogP contribution in [0.1, 0.15) is 10.5 Å². The molecule has 0 aliphatic rings. The fourth-order valence-electron chi connectivity index (χ4n) is 1.72. The quantitative estimate of drug-likeness (QED) is 0.813. The summed E-state index contributed by atoms with van der Waals surface area (Å²) in [5.74, 6) is -0.485. The number of amides is 1. The molecule has 92 valence electrons. The first-order valence-corrected chi connectivity index (χ1v) is 5.50. The topological polar surface area (TPSA) is 64.0 Å². The number of carbonyl (C=O) groups excluding carboxylic acids is 1. The molecule has 1 N–H and O–H groups in total. The van der Waals surface area contributed by atoms with Crippen molar-refractivity contribution >= 4 is 16.8 Å². The zero-order valence-corrected chi connectivity index (χ0v) is 10.0. The van der Waals surface area contributed by atoms with Gasteiger partial charge in [-0.1, -0.05) is 18.2 Å². The number of nitrogens with zero attached hydrogens (tertiary/aromatic N) is 2. The molecule has 0 bridgehead atoms. The molecule has 0 aliphatic carbocycles. The first-order valence-electron chi connectivity index (χ1n) is 5.50. The van der Waals surface area contributed by atoms with E-state index >= 15 is 0 Å². The molecule has 0 radical (unpaired) electrons. The fourth-order valence-corrected chi connectivity index (χ4v) is 1.72. The summed E-state index contributed by atoms with van der Waals surface area (Å²) < 4.78 is 1.53. The summed E-state index contributed by atoms with van der Waals surface area (Å²) >= 11 is 0. The Bertz CT molecular complexity index is 673. The van der Waals surface area contributed by atoms with Gasteiger partial charge in [0.15, 0.2) is 5.69 Å². The number of aryl methyl sites for hydroxylation is 1. The molecule has 1 amide bonds. The normalized spacial score (nSPS) is 10.3. The summed E-state index contributed by atoms with van der Waals surface area (Å²) in [6.45, 7) is 3.80. The summed E-state index contributed by atoms with van der Waals surface area (Å²) in [6.07, 6.45) is 1.55. The number of fused-ring (bicyclic) bond motifs is 1.